The molecule has 3 aliphatic heterocycles. The molecule has 0 N–H and O–H groups in total. The Bertz CT molecular complexity index is 880. The van der Waals surface area contributed by atoms with E-state index in [9.17, 15) is 13.2 Å². The molecule has 1 unspecified atom stereocenters. The first kappa shape index (κ1) is 20.5. The van der Waals surface area contributed by atoms with Crippen molar-refractivity contribution >= 4 is 27.4 Å². The van der Waals surface area contributed by atoms with Gasteiger partial charge < -0.3 is 9.64 Å². The van der Waals surface area contributed by atoms with Crippen molar-refractivity contribution in [2.75, 3.05) is 44.2 Å². The lowest BCUT2D eigenvalue weighted by atomic mass is 9.72. The molecule has 0 amide bonds. The summed E-state index contributed by atoms with van der Waals surface area (Å²) < 4.78 is 44.2. The second kappa shape index (κ2) is 7.91. The monoisotopic (exact) mass is 440 g/mol. The smallest absolute Gasteiger partial charge is 0.377 e. The largest absolute Gasteiger partial charge is 0.393 e. The molecule has 1 atom stereocenters. The van der Waals surface area contributed by atoms with Crippen LogP contribution in [-0.2, 0) is 11.2 Å². The van der Waals surface area contributed by atoms with Gasteiger partial charge in [0.2, 0.25) is 0 Å². The number of anilines is 1. The van der Waals surface area contributed by atoms with Crippen LogP contribution in [0.5, 0.6) is 0 Å². The third-order valence-corrected chi connectivity index (χ3v) is 7.75. The van der Waals surface area contributed by atoms with Crippen molar-refractivity contribution in [2.45, 2.75) is 50.8 Å². The number of nitrogens with zero attached hydrogens (tertiary/aromatic N) is 4. The van der Waals surface area contributed by atoms with Crippen molar-refractivity contribution < 1.29 is 17.9 Å². The Balaban J connectivity index is 1.20. The van der Waals surface area contributed by atoms with Gasteiger partial charge in [-0.1, -0.05) is 0 Å². The first-order valence-electron chi connectivity index (χ1n) is 10.8. The minimum absolute atomic E-state index is 0.298. The Kier molecular flexibility index (Phi) is 5.39. The van der Waals surface area contributed by atoms with Crippen molar-refractivity contribution in [1.82, 2.24) is 14.9 Å². The lowest BCUT2D eigenvalue weighted by Crippen LogP contribution is -2.61. The van der Waals surface area contributed by atoms with Crippen molar-refractivity contribution in [3.05, 3.63) is 17.3 Å². The molecule has 0 aliphatic carbocycles. The van der Waals surface area contributed by atoms with Gasteiger partial charge in [-0.05, 0) is 43.6 Å². The van der Waals surface area contributed by atoms with E-state index in [0.717, 1.165) is 74.7 Å². The molecule has 30 heavy (non-hydrogen) atoms. The van der Waals surface area contributed by atoms with Crippen LogP contribution in [0.3, 0.4) is 0 Å². The fourth-order valence-corrected chi connectivity index (χ4v) is 6.23. The minimum Gasteiger partial charge on any atom is -0.377 e. The summed E-state index contributed by atoms with van der Waals surface area (Å²) in [4.78, 5) is 14.3. The summed E-state index contributed by atoms with van der Waals surface area (Å²) in [5.74, 6) is 0.784. The molecular weight excluding hydrogens is 413 g/mol. The Morgan fingerprint density at radius 2 is 1.97 bits per heavy atom. The molecule has 0 bridgehead atoms. The zero-order valence-electron chi connectivity index (χ0n) is 17.0. The van der Waals surface area contributed by atoms with Crippen molar-refractivity contribution in [3.63, 3.8) is 0 Å². The molecule has 5 heterocycles. The van der Waals surface area contributed by atoms with Crippen LogP contribution >= 0.6 is 11.3 Å². The number of rotatable bonds is 4. The van der Waals surface area contributed by atoms with Gasteiger partial charge in [0.1, 0.15) is 17.0 Å². The molecule has 2 aromatic rings. The van der Waals surface area contributed by atoms with Gasteiger partial charge in [0, 0.05) is 44.2 Å². The van der Waals surface area contributed by atoms with Gasteiger partial charge in [-0.3, -0.25) is 4.90 Å². The summed E-state index contributed by atoms with van der Waals surface area (Å²) in [6, 6.07) is 1.63. The lowest BCUT2D eigenvalue weighted by molar-refractivity contribution is -0.126. The van der Waals surface area contributed by atoms with Crippen molar-refractivity contribution in [3.8, 4) is 0 Å². The van der Waals surface area contributed by atoms with E-state index in [1.54, 1.807) is 6.07 Å². The zero-order chi connectivity index (χ0) is 20.8. The molecule has 3 fully saturated rings. The normalized spacial score (nSPS) is 25.0. The van der Waals surface area contributed by atoms with Gasteiger partial charge in [0.15, 0.2) is 0 Å². The van der Waals surface area contributed by atoms with E-state index in [2.05, 4.69) is 19.8 Å². The van der Waals surface area contributed by atoms with E-state index in [1.807, 2.05) is 0 Å². The predicted octanol–water partition coefficient (Wildman–Crippen LogP) is 4.27. The van der Waals surface area contributed by atoms with E-state index >= 15 is 0 Å². The van der Waals surface area contributed by atoms with Crippen LogP contribution in [0, 0.1) is 5.41 Å². The maximum atomic E-state index is 12.8. The van der Waals surface area contributed by atoms with Crippen LogP contribution in [0.15, 0.2) is 12.4 Å². The number of hydrogen-bond acceptors (Lipinski definition) is 6. The molecular formula is C21H27F3N4OS. The van der Waals surface area contributed by atoms with Gasteiger partial charge >= 0.3 is 6.18 Å². The number of alkyl halides is 3. The fourth-order valence-electron chi connectivity index (χ4n) is 5.21. The summed E-state index contributed by atoms with van der Waals surface area (Å²) in [7, 11) is 0. The molecule has 3 aliphatic rings. The molecule has 0 saturated carbocycles. The average Bonchev–Trinajstić information content (AvgIpc) is 3.09. The average molecular weight is 441 g/mol. The van der Waals surface area contributed by atoms with Crippen LogP contribution in [0.4, 0.5) is 19.0 Å². The number of fused-ring (bicyclic) bond motifs is 1. The second-order valence-electron chi connectivity index (χ2n) is 9.07. The standard InChI is InChI=1S/C21H27F3N4OS/c22-21(23,24)10-16-9-17-18(25-14-26-19(17)30-16)28-6-4-20(5-7-28)12-27(13-20)11-15-3-1-2-8-29-15/h9,14-15H,1-8,10-13H2. The maximum Gasteiger partial charge on any atom is 0.393 e. The van der Waals surface area contributed by atoms with Gasteiger partial charge in [-0.2, -0.15) is 13.2 Å². The third kappa shape index (κ3) is 4.29. The number of likely N-dealkylation sites (tertiary alicyclic amines) is 1. The Hall–Kier alpha value is -1.45. The SMILES string of the molecule is FC(F)(F)Cc1cc2c(N3CCC4(CC3)CN(CC3CCCCO3)C4)ncnc2s1. The lowest BCUT2D eigenvalue weighted by Gasteiger charge is -2.55. The van der Waals surface area contributed by atoms with Gasteiger partial charge in [0.25, 0.3) is 0 Å². The highest BCUT2D eigenvalue weighted by atomic mass is 32.1. The summed E-state index contributed by atoms with van der Waals surface area (Å²) >= 11 is 1.12. The zero-order valence-corrected chi connectivity index (χ0v) is 17.8. The minimum atomic E-state index is -4.20. The Morgan fingerprint density at radius 1 is 1.17 bits per heavy atom. The Morgan fingerprint density at radius 3 is 2.67 bits per heavy atom. The highest BCUT2D eigenvalue weighted by molar-refractivity contribution is 7.18. The van der Waals surface area contributed by atoms with E-state index < -0.39 is 12.6 Å². The molecule has 9 heteroatoms. The van der Waals surface area contributed by atoms with Crippen LogP contribution in [-0.4, -0.2) is 66.5 Å². The molecule has 5 nitrogen and oxygen atoms in total. The molecule has 5 rings (SSSR count). The molecule has 3 saturated heterocycles. The number of thiophene rings is 1. The van der Waals surface area contributed by atoms with E-state index in [0.29, 0.717) is 21.2 Å². The van der Waals surface area contributed by atoms with Crippen LogP contribution in [0.2, 0.25) is 0 Å². The topological polar surface area (TPSA) is 41.5 Å². The second-order valence-corrected chi connectivity index (χ2v) is 10.2. The third-order valence-electron chi connectivity index (χ3n) is 6.71. The number of aromatic nitrogens is 2. The number of piperidine rings is 1. The number of ether oxygens (including phenoxy) is 1. The van der Waals surface area contributed by atoms with Gasteiger partial charge in [-0.15, -0.1) is 11.3 Å². The van der Waals surface area contributed by atoms with E-state index in [-0.39, 0.29) is 0 Å². The fraction of sp³-hybridized carbons (Fsp3) is 0.714. The quantitative estimate of drug-likeness (QED) is 0.710. The van der Waals surface area contributed by atoms with Crippen LogP contribution in [0.25, 0.3) is 10.2 Å². The predicted molar refractivity (Wildman–Crippen MR) is 111 cm³/mol. The maximum absolute atomic E-state index is 12.8. The van der Waals surface area contributed by atoms with Crippen molar-refractivity contribution in [1.29, 1.82) is 0 Å². The van der Waals surface area contributed by atoms with E-state index in [4.69, 9.17) is 4.74 Å². The van der Waals surface area contributed by atoms with Gasteiger partial charge in [-0.25, -0.2) is 9.97 Å². The molecule has 2 aromatic heterocycles. The summed E-state index contributed by atoms with van der Waals surface area (Å²) in [5, 5.41) is 0.752. The summed E-state index contributed by atoms with van der Waals surface area (Å²) in [6.45, 7) is 6.00. The highest BCUT2D eigenvalue weighted by Crippen LogP contribution is 2.42. The van der Waals surface area contributed by atoms with E-state index in [1.165, 1.54) is 25.6 Å². The molecule has 164 valence electrons. The summed E-state index contributed by atoms with van der Waals surface area (Å²) in [5.41, 5.74) is 0.382. The van der Waals surface area contributed by atoms with Crippen LogP contribution in [0.1, 0.15) is 37.0 Å². The first-order chi connectivity index (χ1) is 14.4. The molecule has 1 spiro atoms. The first-order valence-corrected chi connectivity index (χ1v) is 11.6. The van der Waals surface area contributed by atoms with Crippen molar-refractivity contribution in [2.24, 2.45) is 5.41 Å². The molecule has 0 aromatic carbocycles. The summed E-state index contributed by atoms with van der Waals surface area (Å²) in [6.07, 6.45) is 2.61. The molecule has 0 radical (unpaired) electrons. The Labute approximate surface area is 178 Å². The van der Waals surface area contributed by atoms with Gasteiger partial charge in [0.05, 0.1) is 17.9 Å². The highest BCUT2D eigenvalue weighted by Gasteiger charge is 2.45. The van der Waals surface area contributed by atoms with Crippen LogP contribution < -0.4 is 4.90 Å². The number of halogens is 3. The number of hydrogen-bond donors (Lipinski definition) is 0.